The topological polar surface area (TPSA) is 66.4 Å². The first kappa shape index (κ1) is 14.3. The summed E-state index contributed by atoms with van der Waals surface area (Å²) in [6.07, 6.45) is 0.815. The molecule has 1 aromatic rings. The van der Waals surface area contributed by atoms with Crippen molar-refractivity contribution in [2.24, 2.45) is 0 Å². The van der Waals surface area contributed by atoms with Gasteiger partial charge in [0.05, 0.1) is 4.90 Å². The lowest BCUT2D eigenvalue weighted by Crippen LogP contribution is -2.25. The van der Waals surface area contributed by atoms with Gasteiger partial charge in [-0.25, -0.2) is 13.1 Å². The number of phenolic OH excluding ortho intramolecular Hbond substituents is 1. The highest BCUT2D eigenvalue weighted by molar-refractivity contribution is 7.99. The Balaban J connectivity index is 2.48. The van der Waals surface area contributed by atoms with Crippen molar-refractivity contribution in [3.63, 3.8) is 0 Å². The molecule has 4 nitrogen and oxygen atoms in total. The third-order valence-electron chi connectivity index (χ3n) is 2.11. The van der Waals surface area contributed by atoms with E-state index >= 15 is 0 Å². The van der Waals surface area contributed by atoms with Crippen LogP contribution in [0.3, 0.4) is 0 Å². The average Bonchev–Trinajstić information content (AvgIpc) is 2.29. The Labute approximate surface area is 106 Å². The molecule has 1 rings (SSSR count). The van der Waals surface area contributed by atoms with Crippen LogP contribution in [0.2, 0.25) is 0 Å². The van der Waals surface area contributed by atoms with Crippen molar-refractivity contribution in [2.45, 2.75) is 18.2 Å². The minimum absolute atomic E-state index is 0.0586. The molecule has 0 saturated heterocycles. The van der Waals surface area contributed by atoms with Crippen LogP contribution in [-0.4, -0.2) is 31.6 Å². The molecule has 0 saturated carbocycles. The fraction of sp³-hybridized carbons (Fsp3) is 0.455. The van der Waals surface area contributed by atoms with Crippen LogP contribution >= 0.6 is 11.8 Å². The molecule has 0 heterocycles. The SMILES string of the molecule is CCSCCCNS(=O)(=O)c1ccc(O)cc1. The van der Waals surface area contributed by atoms with Crippen molar-refractivity contribution in [3.8, 4) is 5.75 Å². The smallest absolute Gasteiger partial charge is 0.240 e. The molecule has 2 N–H and O–H groups in total. The summed E-state index contributed by atoms with van der Waals surface area (Å²) in [6.45, 7) is 2.52. The molecule has 0 aliphatic rings. The first-order valence-electron chi connectivity index (χ1n) is 5.42. The summed E-state index contributed by atoms with van der Waals surface area (Å²) in [7, 11) is -3.43. The molecule has 0 radical (unpaired) electrons. The van der Waals surface area contributed by atoms with Crippen LogP contribution in [0.15, 0.2) is 29.2 Å². The maximum absolute atomic E-state index is 11.8. The molecule has 6 heteroatoms. The Hall–Kier alpha value is -0.720. The van der Waals surface area contributed by atoms with Crippen LogP contribution < -0.4 is 4.72 Å². The van der Waals surface area contributed by atoms with Gasteiger partial charge < -0.3 is 5.11 Å². The van der Waals surface area contributed by atoms with Crippen molar-refractivity contribution in [1.29, 1.82) is 0 Å². The largest absolute Gasteiger partial charge is 0.508 e. The van der Waals surface area contributed by atoms with E-state index in [0.717, 1.165) is 17.9 Å². The first-order valence-corrected chi connectivity index (χ1v) is 8.06. The van der Waals surface area contributed by atoms with Gasteiger partial charge in [0.1, 0.15) is 5.75 Å². The van der Waals surface area contributed by atoms with Crippen LogP contribution in [0.4, 0.5) is 0 Å². The number of hydrogen-bond acceptors (Lipinski definition) is 4. The van der Waals surface area contributed by atoms with E-state index in [1.165, 1.54) is 24.3 Å². The van der Waals surface area contributed by atoms with Gasteiger partial charge in [-0.2, -0.15) is 11.8 Å². The quantitative estimate of drug-likeness (QED) is 0.745. The number of thioether (sulfide) groups is 1. The van der Waals surface area contributed by atoms with E-state index < -0.39 is 10.0 Å². The van der Waals surface area contributed by atoms with E-state index in [0.29, 0.717) is 6.54 Å². The summed E-state index contributed by atoms with van der Waals surface area (Å²) in [6, 6.07) is 5.50. The minimum atomic E-state index is -3.43. The van der Waals surface area contributed by atoms with Crippen LogP contribution in [-0.2, 0) is 10.0 Å². The van der Waals surface area contributed by atoms with E-state index in [-0.39, 0.29) is 10.6 Å². The molecule has 96 valence electrons. The molecule has 0 bridgehead atoms. The molecular weight excluding hydrogens is 258 g/mol. The Kier molecular flexibility index (Phi) is 5.80. The lowest BCUT2D eigenvalue weighted by molar-refractivity contribution is 0.474. The van der Waals surface area contributed by atoms with Crippen molar-refractivity contribution >= 4 is 21.8 Å². The van der Waals surface area contributed by atoms with Crippen LogP contribution in [0.5, 0.6) is 5.75 Å². The van der Waals surface area contributed by atoms with Crippen molar-refractivity contribution in [3.05, 3.63) is 24.3 Å². The van der Waals surface area contributed by atoms with E-state index in [9.17, 15) is 8.42 Å². The molecule has 0 aromatic heterocycles. The van der Waals surface area contributed by atoms with E-state index in [1.54, 1.807) is 11.8 Å². The molecule has 0 spiro atoms. The highest BCUT2D eigenvalue weighted by atomic mass is 32.2. The number of nitrogens with one attached hydrogen (secondary N) is 1. The predicted molar refractivity (Wildman–Crippen MR) is 70.9 cm³/mol. The van der Waals surface area contributed by atoms with E-state index in [1.807, 2.05) is 0 Å². The molecule has 17 heavy (non-hydrogen) atoms. The number of hydrogen-bond donors (Lipinski definition) is 2. The summed E-state index contributed by atoms with van der Waals surface area (Å²) in [5.74, 6) is 2.06. The molecular formula is C11H17NO3S2. The third-order valence-corrected chi connectivity index (χ3v) is 4.57. The van der Waals surface area contributed by atoms with Gasteiger partial charge in [0, 0.05) is 6.54 Å². The zero-order valence-corrected chi connectivity index (χ0v) is 11.4. The fourth-order valence-corrected chi connectivity index (χ4v) is 2.94. The summed E-state index contributed by atoms with van der Waals surface area (Å²) in [4.78, 5) is 0.179. The zero-order chi connectivity index (χ0) is 12.7. The standard InChI is InChI=1S/C11H17NO3S2/c1-2-16-9-3-8-12-17(14,15)11-6-4-10(13)5-7-11/h4-7,12-13H,2-3,8-9H2,1H3. The van der Waals surface area contributed by atoms with Crippen LogP contribution in [0.25, 0.3) is 0 Å². The summed E-state index contributed by atoms with van der Waals surface area (Å²) in [5.41, 5.74) is 0. The Morgan fingerprint density at radius 3 is 2.53 bits per heavy atom. The molecule has 1 aromatic carbocycles. The lowest BCUT2D eigenvalue weighted by Gasteiger charge is -2.06. The second kappa shape index (κ2) is 6.88. The van der Waals surface area contributed by atoms with Crippen molar-refractivity contribution in [2.75, 3.05) is 18.1 Å². The third kappa shape index (κ3) is 4.97. The number of rotatable bonds is 7. The Morgan fingerprint density at radius 1 is 1.29 bits per heavy atom. The second-order valence-corrected chi connectivity index (χ2v) is 6.60. The van der Waals surface area contributed by atoms with Gasteiger partial charge in [-0.05, 0) is 42.2 Å². The normalized spacial score (nSPS) is 11.6. The number of benzene rings is 1. The van der Waals surface area contributed by atoms with E-state index in [2.05, 4.69) is 11.6 Å². The van der Waals surface area contributed by atoms with Gasteiger partial charge in [-0.1, -0.05) is 6.92 Å². The molecule has 0 atom stereocenters. The Bertz CT molecular complexity index is 429. The van der Waals surface area contributed by atoms with Gasteiger partial charge in [0.2, 0.25) is 10.0 Å². The predicted octanol–water partition coefficient (Wildman–Crippen LogP) is 1.81. The van der Waals surface area contributed by atoms with Crippen LogP contribution in [0.1, 0.15) is 13.3 Å². The minimum Gasteiger partial charge on any atom is -0.508 e. The summed E-state index contributed by atoms with van der Waals surface area (Å²) in [5, 5.41) is 9.08. The van der Waals surface area contributed by atoms with Gasteiger partial charge in [0.25, 0.3) is 0 Å². The molecule has 0 fully saturated rings. The molecule has 0 aliphatic carbocycles. The second-order valence-electron chi connectivity index (χ2n) is 3.44. The van der Waals surface area contributed by atoms with Gasteiger partial charge in [-0.3, -0.25) is 0 Å². The zero-order valence-electron chi connectivity index (χ0n) is 9.72. The molecule has 0 unspecified atom stereocenters. The van der Waals surface area contributed by atoms with Gasteiger partial charge in [0.15, 0.2) is 0 Å². The monoisotopic (exact) mass is 275 g/mol. The fourth-order valence-electron chi connectivity index (χ4n) is 1.23. The summed E-state index contributed by atoms with van der Waals surface area (Å²) < 4.78 is 26.1. The number of aromatic hydroxyl groups is 1. The van der Waals surface area contributed by atoms with Crippen molar-refractivity contribution < 1.29 is 13.5 Å². The maximum Gasteiger partial charge on any atom is 0.240 e. The van der Waals surface area contributed by atoms with E-state index in [4.69, 9.17) is 5.11 Å². The molecule has 0 aliphatic heterocycles. The highest BCUT2D eigenvalue weighted by Crippen LogP contribution is 2.14. The van der Waals surface area contributed by atoms with Gasteiger partial charge in [-0.15, -0.1) is 0 Å². The summed E-state index contributed by atoms with van der Waals surface area (Å²) >= 11 is 1.79. The number of sulfonamides is 1. The lowest BCUT2D eigenvalue weighted by atomic mass is 10.3. The van der Waals surface area contributed by atoms with Gasteiger partial charge >= 0.3 is 0 Å². The highest BCUT2D eigenvalue weighted by Gasteiger charge is 2.12. The number of phenols is 1. The first-order chi connectivity index (χ1) is 8.06. The Morgan fingerprint density at radius 2 is 1.94 bits per heavy atom. The average molecular weight is 275 g/mol. The maximum atomic E-state index is 11.8. The van der Waals surface area contributed by atoms with Crippen LogP contribution in [0, 0.1) is 0 Å². The van der Waals surface area contributed by atoms with Crippen molar-refractivity contribution in [1.82, 2.24) is 4.72 Å². The molecule has 0 amide bonds.